The maximum atomic E-state index is 12.6. The number of pyridine rings is 1. The second kappa shape index (κ2) is 10.3. The lowest BCUT2D eigenvalue weighted by Gasteiger charge is -2.22. The second-order valence-corrected chi connectivity index (χ2v) is 5.62. The van der Waals surface area contributed by atoms with Crippen LogP contribution >= 0.6 is 24.0 Å². The average molecular weight is 494 g/mol. The van der Waals surface area contributed by atoms with Gasteiger partial charge in [-0.15, -0.1) is 24.0 Å². The molecule has 0 bridgehead atoms. The van der Waals surface area contributed by atoms with Crippen molar-refractivity contribution in [2.75, 3.05) is 21.2 Å². The van der Waals surface area contributed by atoms with Crippen molar-refractivity contribution in [1.82, 2.24) is 15.2 Å². The summed E-state index contributed by atoms with van der Waals surface area (Å²) in [7, 11) is 5.01. The van der Waals surface area contributed by atoms with Crippen LogP contribution in [0.25, 0.3) is 0 Å². The second-order valence-electron chi connectivity index (χ2n) is 5.62. The zero-order valence-electron chi connectivity index (χ0n) is 15.2. The largest absolute Gasteiger partial charge is 0.481 e. The van der Waals surface area contributed by atoms with Crippen molar-refractivity contribution >= 4 is 29.9 Å². The van der Waals surface area contributed by atoms with E-state index in [1.54, 1.807) is 20.2 Å². The third-order valence-corrected chi connectivity index (χ3v) is 3.69. The summed E-state index contributed by atoms with van der Waals surface area (Å²) in [5.41, 5.74) is 0.881. The number of rotatable bonds is 5. The zero-order valence-corrected chi connectivity index (χ0v) is 17.6. The van der Waals surface area contributed by atoms with E-state index in [-0.39, 0.29) is 24.0 Å². The van der Waals surface area contributed by atoms with E-state index in [1.165, 1.54) is 12.1 Å². The Morgan fingerprint density at radius 1 is 1.19 bits per heavy atom. The Kier molecular flexibility index (Phi) is 8.80. The van der Waals surface area contributed by atoms with Crippen molar-refractivity contribution < 1.29 is 17.9 Å². The van der Waals surface area contributed by atoms with E-state index in [0.29, 0.717) is 24.9 Å². The summed E-state index contributed by atoms with van der Waals surface area (Å²) < 4.78 is 43.0. The average Bonchev–Trinajstić information content (AvgIpc) is 2.62. The van der Waals surface area contributed by atoms with Gasteiger partial charge in [0, 0.05) is 26.7 Å². The molecule has 1 aromatic heterocycles. The zero-order chi connectivity index (χ0) is 19.2. The lowest BCUT2D eigenvalue weighted by molar-refractivity contribution is -0.137. The standard InChI is InChI=1S/C18H21F3N4O.HI/c1-22-17(23-11-15-5-4-6-16(24-15)26-3)25(2)12-13-7-9-14(10-8-13)18(19,20)21;/h4-10H,11-12H2,1-3H3,(H,22,23);1H. The van der Waals surface area contributed by atoms with E-state index in [4.69, 9.17) is 4.74 Å². The number of guanidine groups is 1. The van der Waals surface area contributed by atoms with Gasteiger partial charge in [-0.05, 0) is 23.8 Å². The molecule has 0 radical (unpaired) electrons. The monoisotopic (exact) mass is 494 g/mol. The van der Waals surface area contributed by atoms with Gasteiger partial charge in [-0.3, -0.25) is 4.99 Å². The molecule has 148 valence electrons. The molecular formula is C18H22F3IN4O. The van der Waals surface area contributed by atoms with Crippen LogP contribution in [0.5, 0.6) is 5.88 Å². The molecule has 0 aliphatic heterocycles. The Balaban J connectivity index is 0.00000364. The molecule has 0 fully saturated rings. The van der Waals surface area contributed by atoms with Crippen molar-refractivity contribution in [3.05, 3.63) is 59.3 Å². The molecule has 27 heavy (non-hydrogen) atoms. The SMILES string of the molecule is CN=C(NCc1cccc(OC)n1)N(C)Cc1ccc(C(F)(F)F)cc1.I. The minimum absolute atomic E-state index is 0. The number of hydrogen-bond donors (Lipinski definition) is 1. The van der Waals surface area contributed by atoms with Crippen LogP contribution in [-0.2, 0) is 19.3 Å². The molecule has 1 aromatic carbocycles. The van der Waals surface area contributed by atoms with Crippen LogP contribution in [0, 0.1) is 0 Å². The number of benzene rings is 1. The highest BCUT2D eigenvalue weighted by Crippen LogP contribution is 2.29. The smallest absolute Gasteiger partial charge is 0.416 e. The minimum atomic E-state index is -4.33. The number of hydrogen-bond acceptors (Lipinski definition) is 3. The highest BCUT2D eigenvalue weighted by atomic mass is 127. The van der Waals surface area contributed by atoms with Crippen LogP contribution in [-0.4, -0.2) is 37.0 Å². The van der Waals surface area contributed by atoms with Crippen LogP contribution in [0.4, 0.5) is 13.2 Å². The van der Waals surface area contributed by atoms with Crippen LogP contribution in [0.3, 0.4) is 0 Å². The number of nitrogens with one attached hydrogen (secondary N) is 1. The Hall–Kier alpha value is -2.04. The minimum Gasteiger partial charge on any atom is -0.481 e. The first kappa shape index (κ1) is 23.0. The molecule has 0 atom stereocenters. The lowest BCUT2D eigenvalue weighted by atomic mass is 10.1. The van der Waals surface area contributed by atoms with E-state index >= 15 is 0 Å². The molecule has 0 aliphatic rings. The van der Waals surface area contributed by atoms with Crippen LogP contribution < -0.4 is 10.1 Å². The first-order valence-corrected chi connectivity index (χ1v) is 7.91. The molecule has 9 heteroatoms. The predicted molar refractivity (Wildman–Crippen MR) is 109 cm³/mol. The van der Waals surface area contributed by atoms with Gasteiger partial charge < -0.3 is 15.0 Å². The highest BCUT2D eigenvalue weighted by Gasteiger charge is 2.29. The van der Waals surface area contributed by atoms with Crippen LogP contribution in [0.15, 0.2) is 47.5 Å². The van der Waals surface area contributed by atoms with Gasteiger partial charge in [-0.25, -0.2) is 4.98 Å². The maximum Gasteiger partial charge on any atom is 0.416 e. The molecule has 0 aliphatic carbocycles. The molecule has 1 heterocycles. The van der Waals surface area contributed by atoms with Crippen LogP contribution in [0.2, 0.25) is 0 Å². The van der Waals surface area contributed by atoms with Gasteiger partial charge in [0.15, 0.2) is 5.96 Å². The van der Waals surface area contributed by atoms with Crippen molar-refractivity contribution in [3.63, 3.8) is 0 Å². The Labute approximate surface area is 173 Å². The van der Waals surface area contributed by atoms with Gasteiger partial charge in [-0.1, -0.05) is 18.2 Å². The summed E-state index contributed by atoms with van der Waals surface area (Å²) in [5.74, 6) is 1.13. The molecular weight excluding hydrogens is 472 g/mol. The molecule has 0 amide bonds. The molecule has 5 nitrogen and oxygen atoms in total. The molecule has 0 saturated heterocycles. The molecule has 2 aromatic rings. The summed E-state index contributed by atoms with van der Waals surface area (Å²) in [4.78, 5) is 10.3. The van der Waals surface area contributed by atoms with E-state index < -0.39 is 11.7 Å². The summed E-state index contributed by atoms with van der Waals surface area (Å²) in [5, 5.41) is 3.17. The van der Waals surface area contributed by atoms with Crippen molar-refractivity contribution in [2.45, 2.75) is 19.3 Å². The first-order chi connectivity index (χ1) is 12.3. The number of methoxy groups -OCH3 is 1. The third kappa shape index (κ3) is 6.89. The lowest BCUT2D eigenvalue weighted by Crippen LogP contribution is -2.38. The fraction of sp³-hybridized carbons (Fsp3) is 0.333. The van der Waals surface area contributed by atoms with Gasteiger partial charge in [-0.2, -0.15) is 13.2 Å². The molecule has 1 N–H and O–H groups in total. The van der Waals surface area contributed by atoms with Gasteiger partial charge in [0.2, 0.25) is 5.88 Å². The molecule has 0 saturated carbocycles. The van der Waals surface area contributed by atoms with Crippen LogP contribution in [0.1, 0.15) is 16.8 Å². The van der Waals surface area contributed by atoms with Gasteiger partial charge in [0.1, 0.15) is 0 Å². The third-order valence-electron chi connectivity index (χ3n) is 3.69. The van der Waals surface area contributed by atoms with Gasteiger partial charge >= 0.3 is 6.18 Å². The van der Waals surface area contributed by atoms with E-state index in [1.807, 2.05) is 24.1 Å². The van der Waals surface area contributed by atoms with Crippen molar-refractivity contribution in [1.29, 1.82) is 0 Å². The number of aromatic nitrogens is 1. The predicted octanol–water partition coefficient (Wildman–Crippen LogP) is 3.93. The first-order valence-electron chi connectivity index (χ1n) is 7.91. The maximum absolute atomic E-state index is 12.6. The molecule has 0 unspecified atom stereocenters. The quantitative estimate of drug-likeness (QED) is 0.389. The van der Waals surface area contributed by atoms with E-state index in [9.17, 15) is 13.2 Å². The Morgan fingerprint density at radius 3 is 2.41 bits per heavy atom. The van der Waals surface area contributed by atoms with Gasteiger partial charge in [0.05, 0.1) is 24.9 Å². The van der Waals surface area contributed by atoms with Gasteiger partial charge in [0.25, 0.3) is 0 Å². The molecule has 0 spiro atoms. The Bertz CT molecular complexity index is 751. The Morgan fingerprint density at radius 2 is 1.85 bits per heavy atom. The number of nitrogens with zero attached hydrogens (tertiary/aromatic N) is 3. The molecule has 2 rings (SSSR count). The highest BCUT2D eigenvalue weighted by molar-refractivity contribution is 14.0. The summed E-state index contributed by atoms with van der Waals surface area (Å²) >= 11 is 0. The fourth-order valence-electron chi connectivity index (χ4n) is 2.37. The number of halogens is 4. The van der Waals surface area contributed by atoms with E-state index in [0.717, 1.165) is 23.4 Å². The summed E-state index contributed by atoms with van der Waals surface area (Å²) in [6, 6.07) is 10.6. The van der Waals surface area contributed by atoms with E-state index in [2.05, 4.69) is 15.3 Å². The fourth-order valence-corrected chi connectivity index (χ4v) is 2.37. The number of ether oxygens (including phenoxy) is 1. The number of alkyl halides is 3. The number of aliphatic imine (C=N–C) groups is 1. The normalized spacial score (nSPS) is 11.6. The summed E-state index contributed by atoms with van der Waals surface area (Å²) in [6.07, 6.45) is -4.33. The topological polar surface area (TPSA) is 49.8 Å². The van der Waals surface area contributed by atoms with Crippen molar-refractivity contribution in [2.24, 2.45) is 4.99 Å². The van der Waals surface area contributed by atoms with Crippen molar-refractivity contribution in [3.8, 4) is 5.88 Å². The summed E-state index contributed by atoms with van der Waals surface area (Å²) in [6.45, 7) is 0.866.